The monoisotopic (exact) mass is 597 g/mol. The second kappa shape index (κ2) is 10.2. The topological polar surface area (TPSA) is 207 Å². The lowest BCUT2D eigenvalue weighted by Crippen LogP contribution is -2.65. The van der Waals surface area contributed by atoms with Crippen LogP contribution in [0.25, 0.3) is 5.76 Å². The van der Waals surface area contributed by atoms with Crippen molar-refractivity contribution in [3.63, 3.8) is 0 Å². The smallest absolute Gasteiger partial charge is 0.255 e. The molecule has 3 aliphatic carbocycles. The molecule has 13 nitrogen and oxygen atoms in total. The summed E-state index contributed by atoms with van der Waals surface area (Å²) >= 11 is 1.29. The summed E-state index contributed by atoms with van der Waals surface area (Å²) in [4.78, 5) is 59.4. The van der Waals surface area contributed by atoms with Gasteiger partial charge in [0, 0.05) is 42.9 Å². The van der Waals surface area contributed by atoms with Gasteiger partial charge < -0.3 is 36.4 Å². The number of fused-ring (bicyclic) bond motifs is 3. The molecule has 1 heterocycles. The van der Waals surface area contributed by atoms with Crippen LogP contribution in [-0.4, -0.2) is 93.5 Å². The first-order valence-electron chi connectivity index (χ1n) is 13.1. The number of rotatable bonds is 6. The number of nitrogens with zero attached hydrogens (tertiary/aromatic N) is 3. The minimum Gasteiger partial charge on any atom is -0.508 e. The Hall–Kier alpha value is -4.27. The number of aliphatic hydroxyl groups is 3. The average molecular weight is 598 g/mol. The van der Waals surface area contributed by atoms with Gasteiger partial charge >= 0.3 is 0 Å². The zero-order valence-electron chi connectivity index (χ0n) is 23.3. The predicted molar refractivity (Wildman–Crippen MR) is 153 cm³/mol. The number of likely N-dealkylation sites (N-methyl/N-ethyl adjacent to an activating group) is 1. The second-order valence-corrected chi connectivity index (χ2v) is 12.1. The number of benzene rings is 1. The molecule has 1 saturated carbocycles. The first-order valence-corrected chi connectivity index (χ1v) is 14.0. The van der Waals surface area contributed by atoms with E-state index < -0.39 is 69.7 Å². The van der Waals surface area contributed by atoms with Gasteiger partial charge in [0.1, 0.15) is 27.8 Å². The Bertz CT molecular complexity index is 1600. The van der Waals surface area contributed by atoms with Gasteiger partial charge in [-0.3, -0.25) is 24.1 Å². The maximum absolute atomic E-state index is 14.0. The average Bonchev–Trinajstić information content (AvgIpc) is 3.40. The normalized spacial score (nSPS) is 25.2. The van der Waals surface area contributed by atoms with E-state index in [2.05, 4.69) is 10.3 Å². The fourth-order valence-corrected chi connectivity index (χ4v) is 7.07. The number of amides is 2. The molecule has 42 heavy (non-hydrogen) atoms. The van der Waals surface area contributed by atoms with Crippen molar-refractivity contribution >= 4 is 51.9 Å². The van der Waals surface area contributed by atoms with Crippen LogP contribution in [0.5, 0.6) is 5.75 Å². The summed E-state index contributed by atoms with van der Waals surface area (Å²) in [7, 11) is 6.57. The highest BCUT2D eigenvalue weighted by Gasteiger charge is 2.64. The summed E-state index contributed by atoms with van der Waals surface area (Å²) in [5.41, 5.74) is 2.40. The molecule has 4 atom stereocenters. The number of thiazole rings is 1. The van der Waals surface area contributed by atoms with Crippen molar-refractivity contribution in [2.24, 2.45) is 17.6 Å². The van der Waals surface area contributed by atoms with Crippen molar-refractivity contribution in [2.75, 3.05) is 38.4 Å². The molecule has 1 aromatic carbocycles. The number of aliphatic hydroxyl groups excluding tert-OH is 2. The van der Waals surface area contributed by atoms with Crippen molar-refractivity contribution in [1.29, 1.82) is 0 Å². The van der Waals surface area contributed by atoms with Gasteiger partial charge in [-0.1, -0.05) is 0 Å². The first-order chi connectivity index (χ1) is 19.7. The number of hydrogen-bond donors (Lipinski definition) is 6. The number of Topliss-reactive ketones (excluding diaryl/α,β-unsaturated/α-hetero) is 2. The molecule has 0 spiro atoms. The Balaban J connectivity index is 1.66. The minimum absolute atomic E-state index is 0.0147. The van der Waals surface area contributed by atoms with Crippen LogP contribution in [0.15, 0.2) is 34.5 Å². The van der Waals surface area contributed by atoms with Crippen molar-refractivity contribution < 1.29 is 39.6 Å². The lowest BCUT2D eigenvalue weighted by atomic mass is 9.57. The van der Waals surface area contributed by atoms with Gasteiger partial charge in [-0.2, -0.15) is 0 Å². The van der Waals surface area contributed by atoms with E-state index in [0.717, 1.165) is 0 Å². The van der Waals surface area contributed by atoms with E-state index in [9.17, 15) is 39.6 Å². The Morgan fingerprint density at radius 2 is 1.88 bits per heavy atom. The van der Waals surface area contributed by atoms with Crippen LogP contribution in [-0.2, 0) is 32.0 Å². The number of ketones is 2. The van der Waals surface area contributed by atoms with Gasteiger partial charge in [-0.05, 0) is 44.5 Å². The number of phenols is 1. The lowest BCUT2D eigenvalue weighted by molar-refractivity contribution is -0.153. The molecule has 2 aromatic rings. The summed E-state index contributed by atoms with van der Waals surface area (Å²) in [6.45, 7) is 0. The van der Waals surface area contributed by atoms with Crippen molar-refractivity contribution in [2.45, 2.75) is 30.9 Å². The Morgan fingerprint density at radius 3 is 2.45 bits per heavy atom. The molecule has 3 aliphatic rings. The van der Waals surface area contributed by atoms with Crippen molar-refractivity contribution in [1.82, 2.24) is 9.88 Å². The summed E-state index contributed by atoms with van der Waals surface area (Å²) in [6.07, 6.45) is 1.62. The maximum atomic E-state index is 14.0. The van der Waals surface area contributed by atoms with Crippen LogP contribution in [0.1, 0.15) is 22.6 Å². The number of hydrogen-bond acceptors (Lipinski definition) is 12. The van der Waals surface area contributed by atoms with Crippen LogP contribution < -0.4 is 16.0 Å². The fourth-order valence-electron chi connectivity index (χ4n) is 6.46. The SMILES string of the molecule is CN(C)c1cc(NC(=O)Cc2nccs2)c(O)c2c1CC1CC3[C@H](N(C)C)C(=O)C(C(N)=O)=C(O)[C@@]3(O)C(=O)C1=C2O. The quantitative estimate of drug-likeness (QED) is 0.201. The lowest BCUT2D eigenvalue weighted by Gasteiger charge is -2.50. The Kier molecular flexibility index (Phi) is 7.11. The first kappa shape index (κ1) is 29.2. The number of anilines is 2. The third-order valence-electron chi connectivity index (χ3n) is 8.25. The molecule has 222 valence electrons. The van der Waals surface area contributed by atoms with Gasteiger partial charge in [0.05, 0.1) is 23.7 Å². The minimum atomic E-state index is -2.73. The third-order valence-corrected chi connectivity index (χ3v) is 9.03. The van der Waals surface area contributed by atoms with Crippen LogP contribution in [0, 0.1) is 11.8 Å². The molecule has 7 N–H and O–H groups in total. The molecular formula is C28H31N5O8S. The molecule has 2 amide bonds. The Labute approximate surface area is 244 Å². The van der Waals surface area contributed by atoms with Crippen LogP contribution in [0.2, 0.25) is 0 Å². The zero-order chi connectivity index (χ0) is 30.8. The number of aromatic nitrogens is 1. The number of primary amides is 1. The molecule has 1 fully saturated rings. The third kappa shape index (κ3) is 4.25. The number of phenolic OH excluding ortho intramolecular Hbond substituents is 1. The van der Waals surface area contributed by atoms with Crippen LogP contribution >= 0.6 is 11.3 Å². The number of carbonyl (C=O) groups is 4. The fraction of sp³-hybridized carbons (Fsp3) is 0.393. The molecule has 0 saturated heterocycles. The van der Waals surface area contributed by atoms with E-state index in [1.165, 1.54) is 16.2 Å². The molecule has 0 bridgehead atoms. The van der Waals surface area contributed by atoms with Crippen LogP contribution in [0.3, 0.4) is 0 Å². The van der Waals surface area contributed by atoms with Gasteiger partial charge in [0.2, 0.25) is 11.7 Å². The van der Waals surface area contributed by atoms with Gasteiger partial charge in [0.25, 0.3) is 5.91 Å². The number of carbonyl (C=O) groups excluding carboxylic acids is 4. The van der Waals surface area contributed by atoms with E-state index in [1.807, 2.05) is 0 Å². The van der Waals surface area contributed by atoms with Gasteiger partial charge in [-0.15, -0.1) is 11.3 Å². The number of nitrogens with two attached hydrogens (primary N) is 1. The molecular weight excluding hydrogens is 566 g/mol. The summed E-state index contributed by atoms with van der Waals surface area (Å²) in [5, 5.41) is 50.5. The van der Waals surface area contributed by atoms with E-state index in [1.54, 1.807) is 50.7 Å². The zero-order valence-corrected chi connectivity index (χ0v) is 24.2. The van der Waals surface area contributed by atoms with Crippen molar-refractivity contribution in [3.05, 3.63) is 50.7 Å². The van der Waals surface area contributed by atoms with E-state index in [4.69, 9.17) is 5.73 Å². The highest BCUT2D eigenvalue weighted by Crippen LogP contribution is 2.54. The summed E-state index contributed by atoms with van der Waals surface area (Å²) in [6, 6.07) is 0.396. The van der Waals surface area contributed by atoms with E-state index in [-0.39, 0.29) is 36.1 Å². The Morgan fingerprint density at radius 1 is 1.19 bits per heavy atom. The molecule has 0 aliphatic heterocycles. The largest absolute Gasteiger partial charge is 0.508 e. The van der Waals surface area contributed by atoms with E-state index >= 15 is 0 Å². The highest BCUT2D eigenvalue weighted by molar-refractivity contribution is 7.09. The summed E-state index contributed by atoms with van der Waals surface area (Å²) in [5.74, 6) is -7.85. The van der Waals surface area contributed by atoms with Crippen molar-refractivity contribution in [3.8, 4) is 5.75 Å². The molecule has 5 rings (SSSR count). The number of aromatic hydroxyl groups is 1. The highest BCUT2D eigenvalue weighted by atomic mass is 32.1. The van der Waals surface area contributed by atoms with Gasteiger partial charge in [0.15, 0.2) is 11.4 Å². The molecule has 1 aromatic heterocycles. The molecule has 2 unspecified atom stereocenters. The number of nitrogens with one attached hydrogen (secondary N) is 1. The molecule has 0 radical (unpaired) electrons. The van der Waals surface area contributed by atoms with E-state index in [0.29, 0.717) is 16.3 Å². The standard InChI is InChI=1S/C28H31N5O8S/c1-32(2)15-9-14(31-16(34)10-17-30-5-6-42-17)22(35)19-12(15)7-11-8-13-21(33(3)4)24(37)20(27(29)40)26(39)28(13,41)25(38)18(11)23(19)36/h5-6,9,11,13,21,35-36,39,41H,7-8,10H2,1-4H3,(H2,29,40)(H,31,34)/t11?,13?,21-,28-/m0/s1. The van der Waals surface area contributed by atoms with Crippen LogP contribution in [0.4, 0.5) is 11.4 Å². The molecule has 14 heteroatoms. The predicted octanol–water partition coefficient (Wildman–Crippen LogP) is 0.668. The second-order valence-electron chi connectivity index (χ2n) is 11.2. The summed E-state index contributed by atoms with van der Waals surface area (Å²) < 4.78 is 0. The van der Waals surface area contributed by atoms with Gasteiger partial charge in [-0.25, -0.2) is 4.98 Å². The maximum Gasteiger partial charge on any atom is 0.255 e.